The van der Waals surface area contributed by atoms with E-state index in [0.717, 1.165) is 29.9 Å². The zero-order chi connectivity index (χ0) is 21.1. The second-order valence-electron chi connectivity index (χ2n) is 7.29. The van der Waals surface area contributed by atoms with Crippen LogP contribution in [0.5, 0.6) is 5.75 Å². The van der Waals surface area contributed by atoms with Gasteiger partial charge in [-0.25, -0.2) is 4.79 Å². The van der Waals surface area contributed by atoms with E-state index in [1.165, 1.54) is 0 Å². The summed E-state index contributed by atoms with van der Waals surface area (Å²) in [5.74, 6) is 1.79. The van der Waals surface area contributed by atoms with E-state index in [2.05, 4.69) is 20.4 Å². The van der Waals surface area contributed by atoms with Crippen LogP contribution in [0.25, 0.3) is 11.4 Å². The summed E-state index contributed by atoms with van der Waals surface area (Å²) >= 11 is 0. The molecule has 8 heteroatoms. The number of amides is 2. The molecule has 1 N–H and O–H groups in total. The third-order valence-corrected chi connectivity index (χ3v) is 5.18. The fourth-order valence-electron chi connectivity index (χ4n) is 3.52. The Bertz CT molecular complexity index is 1020. The number of urea groups is 1. The molecule has 0 saturated carbocycles. The van der Waals surface area contributed by atoms with Crippen molar-refractivity contribution in [3.05, 3.63) is 53.9 Å². The highest BCUT2D eigenvalue weighted by atomic mass is 16.5. The lowest BCUT2D eigenvalue weighted by molar-refractivity contribution is 0.208. The summed E-state index contributed by atoms with van der Waals surface area (Å²) in [7, 11) is 1.60. The summed E-state index contributed by atoms with van der Waals surface area (Å²) in [5.41, 5.74) is 3.78. The molecule has 2 heterocycles. The minimum Gasteiger partial charge on any atom is -0.495 e. The summed E-state index contributed by atoms with van der Waals surface area (Å²) in [6, 6.07) is 13.7. The smallest absolute Gasteiger partial charge is 0.322 e. The van der Waals surface area contributed by atoms with Crippen molar-refractivity contribution < 1.29 is 14.1 Å². The molecule has 1 fully saturated rings. The molecule has 1 aromatic heterocycles. The number of aryl methyl sites for hydroxylation is 2. The van der Waals surface area contributed by atoms with Crippen molar-refractivity contribution in [1.29, 1.82) is 0 Å². The topological polar surface area (TPSA) is 83.7 Å². The molecule has 0 unspecified atom stereocenters. The summed E-state index contributed by atoms with van der Waals surface area (Å²) in [6.45, 7) is 6.57. The van der Waals surface area contributed by atoms with Crippen LogP contribution >= 0.6 is 0 Å². The Morgan fingerprint density at radius 3 is 2.43 bits per heavy atom. The summed E-state index contributed by atoms with van der Waals surface area (Å²) in [4.78, 5) is 21.1. The maximum Gasteiger partial charge on any atom is 0.322 e. The second kappa shape index (κ2) is 8.44. The van der Waals surface area contributed by atoms with Crippen LogP contribution in [0.1, 0.15) is 11.5 Å². The molecule has 156 valence electrons. The van der Waals surface area contributed by atoms with Crippen LogP contribution < -0.4 is 15.0 Å². The van der Waals surface area contributed by atoms with Gasteiger partial charge in [0, 0.05) is 44.4 Å². The Morgan fingerprint density at radius 2 is 1.80 bits per heavy atom. The maximum absolute atomic E-state index is 12.7. The zero-order valence-corrected chi connectivity index (χ0v) is 17.4. The lowest BCUT2D eigenvalue weighted by Crippen LogP contribution is -2.50. The average Bonchev–Trinajstić information content (AvgIpc) is 3.20. The number of methoxy groups -OCH3 is 1. The van der Waals surface area contributed by atoms with Gasteiger partial charge in [0.25, 0.3) is 0 Å². The standard InChI is InChI=1S/C22H25N5O3/c1-15-4-9-20(29-3)19(14-15)24-22(28)27-12-10-26(11-13-27)18-7-5-17(6-8-18)21-23-16(2)30-25-21/h4-9,14H,10-13H2,1-3H3,(H,24,28). The number of ether oxygens (including phenoxy) is 1. The van der Waals surface area contributed by atoms with Crippen molar-refractivity contribution in [2.75, 3.05) is 43.5 Å². The number of piperazine rings is 1. The molecule has 0 spiro atoms. The van der Waals surface area contributed by atoms with E-state index in [4.69, 9.17) is 9.26 Å². The Labute approximate surface area is 175 Å². The lowest BCUT2D eigenvalue weighted by Gasteiger charge is -2.36. The van der Waals surface area contributed by atoms with Gasteiger partial charge in [0.15, 0.2) is 0 Å². The highest BCUT2D eigenvalue weighted by Gasteiger charge is 2.22. The van der Waals surface area contributed by atoms with Crippen LogP contribution in [-0.2, 0) is 0 Å². The van der Waals surface area contributed by atoms with Crippen LogP contribution in [0.2, 0.25) is 0 Å². The molecule has 2 aromatic carbocycles. The predicted molar refractivity (Wildman–Crippen MR) is 115 cm³/mol. The third-order valence-electron chi connectivity index (χ3n) is 5.18. The van der Waals surface area contributed by atoms with Gasteiger partial charge in [-0.05, 0) is 48.9 Å². The van der Waals surface area contributed by atoms with Crippen LogP contribution in [-0.4, -0.2) is 54.4 Å². The van der Waals surface area contributed by atoms with E-state index in [-0.39, 0.29) is 6.03 Å². The molecule has 1 aliphatic heterocycles. The first-order valence-electron chi connectivity index (χ1n) is 9.90. The van der Waals surface area contributed by atoms with Crippen molar-refractivity contribution in [2.24, 2.45) is 0 Å². The van der Waals surface area contributed by atoms with Gasteiger partial charge in [0.2, 0.25) is 11.7 Å². The molecule has 30 heavy (non-hydrogen) atoms. The van der Waals surface area contributed by atoms with Gasteiger partial charge in [-0.15, -0.1) is 0 Å². The van der Waals surface area contributed by atoms with Crippen LogP contribution in [0.4, 0.5) is 16.2 Å². The fraction of sp³-hybridized carbons (Fsp3) is 0.318. The van der Waals surface area contributed by atoms with Crippen molar-refractivity contribution in [3.63, 3.8) is 0 Å². The molecular formula is C22H25N5O3. The highest BCUT2D eigenvalue weighted by Crippen LogP contribution is 2.26. The van der Waals surface area contributed by atoms with Gasteiger partial charge in [-0.1, -0.05) is 11.2 Å². The van der Waals surface area contributed by atoms with Crippen LogP contribution in [0, 0.1) is 13.8 Å². The first-order valence-corrected chi connectivity index (χ1v) is 9.90. The van der Waals surface area contributed by atoms with E-state index in [1.807, 2.05) is 54.3 Å². The number of hydrogen-bond acceptors (Lipinski definition) is 6. The number of nitrogens with one attached hydrogen (secondary N) is 1. The number of aromatic nitrogens is 2. The molecule has 1 saturated heterocycles. The first kappa shape index (κ1) is 19.8. The first-order chi connectivity index (χ1) is 14.5. The molecule has 8 nitrogen and oxygen atoms in total. The number of carbonyl (C=O) groups is 1. The number of nitrogens with zero attached hydrogens (tertiary/aromatic N) is 4. The van der Waals surface area contributed by atoms with Gasteiger partial charge in [0.05, 0.1) is 12.8 Å². The van der Waals surface area contributed by atoms with Crippen molar-refractivity contribution >= 4 is 17.4 Å². The minimum absolute atomic E-state index is 0.110. The number of rotatable bonds is 4. The molecule has 1 aliphatic rings. The molecule has 0 aliphatic carbocycles. The maximum atomic E-state index is 12.7. The van der Waals surface area contributed by atoms with Crippen LogP contribution in [0.3, 0.4) is 0 Å². The Hall–Kier alpha value is -3.55. The van der Waals surface area contributed by atoms with Gasteiger partial charge in [-0.3, -0.25) is 0 Å². The average molecular weight is 407 g/mol. The Morgan fingerprint density at radius 1 is 1.07 bits per heavy atom. The van der Waals surface area contributed by atoms with Crippen LogP contribution in [0.15, 0.2) is 47.0 Å². The number of carbonyl (C=O) groups excluding carboxylic acids is 1. The molecule has 0 radical (unpaired) electrons. The van der Waals surface area contributed by atoms with E-state index in [1.54, 1.807) is 14.0 Å². The summed E-state index contributed by atoms with van der Waals surface area (Å²) in [6.07, 6.45) is 0. The largest absolute Gasteiger partial charge is 0.495 e. The summed E-state index contributed by atoms with van der Waals surface area (Å²) in [5, 5.41) is 6.92. The van der Waals surface area contributed by atoms with E-state index >= 15 is 0 Å². The highest BCUT2D eigenvalue weighted by molar-refractivity contribution is 5.91. The van der Waals surface area contributed by atoms with Gasteiger partial charge in [-0.2, -0.15) is 4.98 Å². The van der Waals surface area contributed by atoms with Crippen molar-refractivity contribution in [1.82, 2.24) is 15.0 Å². The van der Waals surface area contributed by atoms with Gasteiger partial charge < -0.3 is 24.4 Å². The Kier molecular flexibility index (Phi) is 5.56. The molecule has 2 amide bonds. The second-order valence-corrected chi connectivity index (χ2v) is 7.29. The number of anilines is 2. The van der Waals surface area contributed by atoms with E-state index in [0.29, 0.717) is 36.2 Å². The normalized spacial score (nSPS) is 14.0. The number of benzene rings is 2. The lowest BCUT2D eigenvalue weighted by atomic mass is 10.1. The zero-order valence-electron chi connectivity index (χ0n) is 17.4. The van der Waals surface area contributed by atoms with E-state index < -0.39 is 0 Å². The van der Waals surface area contributed by atoms with Gasteiger partial charge in [0.1, 0.15) is 5.75 Å². The summed E-state index contributed by atoms with van der Waals surface area (Å²) < 4.78 is 10.4. The molecule has 3 aromatic rings. The van der Waals surface area contributed by atoms with Gasteiger partial charge >= 0.3 is 6.03 Å². The third kappa shape index (κ3) is 4.22. The molecule has 4 rings (SSSR count). The number of hydrogen-bond donors (Lipinski definition) is 1. The monoisotopic (exact) mass is 407 g/mol. The minimum atomic E-state index is -0.110. The molecule has 0 bridgehead atoms. The molecule has 0 atom stereocenters. The van der Waals surface area contributed by atoms with Crippen molar-refractivity contribution in [2.45, 2.75) is 13.8 Å². The SMILES string of the molecule is COc1ccc(C)cc1NC(=O)N1CCN(c2ccc(-c3noc(C)n3)cc2)CC1. The fourth-order valence-corrected chi connectivity index (χ4v) is 3.52. The quantitative estimate of drug-likeness (QED) is 0.710. The predicted octanol–water partition coefficient (Wildman–Crippen LogP) is 3.72. The Balaban J connectivity index is 1.35. The van der Waals surface area contributed by atoms with E-state index in [9.17, 15) is 4.79 Å². The van der Waals surface area contributed by atoms with Crippen molar-refractivity contribution in [3.8, 4) is 17.1 Å². The molecular weight excluding hydrogens is 382 g/mol.